The van der Waals surface area contributed by atoms with Crippen LogP contribution < -0.4 is 10.6 Å². The van der Waals surface area contributed by atoms with Crippen molar-refractivity contribution in [1.29, 1.82) is 0 Å². The van der Waals surface area contributed by atoms with Crippen LogP contribution in [0.1, 0.15) is 40.7 Å². The van der Waals surface area contributed by atoms with Gasteiger partial charge in [0, 0.05) is 50.2 Å². The molecule has 0 aromatic carbocycles. The van der Waals surface area contributed by atoms with Gasteiger partial charge in [0.1, 0.15) is 0 Å². The molecular formula is C25H30N5O3Rf-. The Morgan fingerprint density at radius 3 is 2.65 bits per heavy atom. The number of hydrogen-bond donors (Lipinski definition) is 3. The molecule has 4 rings (SSSR count). The molecule has 0 saturated carbocycles. The molecule has 3 heterocycles. The number of aromatic nitrogens is 1. The monoisotopic (exact) mass is 715 g/mol. The van der Waals surface area contributed by atoms with Crippen molar-refractivity contribution in [2.45, 2.75) is 33.2 Å². The molecule has 1 fully saturated rings. The number of carbonyl (C=O) groups excluding carboxylic acids is 3. The van der Waals surface area contributed by atoms with Gasteiger partial charge in [-0.05, 0) is 37.6 Å². The van der Waals surface area contributed by atoms with E-state index in [0.29, 0.717) is 24.2 Å². The van der Waals surface area contributed by atoms with Gasteiger partial charge in [0.05, 0.1) is 5.56 Å². The number of amides is 4. The van der Waals surface area contributed by atoms with Crippen molar-refractivity contribution in [3.05, 3.63) is 69.6 Å². The minimum atomic E-state index is -0.173. The Morgan fingerprint density at radius 2 is 1.94 bits per heavy atom. The van der Waals surface area contributed by atoms with E-state index in [-0.39, 0.29) is 23.9 Å². The van der Waals surface area contributed by atoms with Gasteiger partial charge in [-0.15, -0.1) is 12.2 Å². The molecule has 1 saturated heterocycles. The predicted octanol–water partition coefficient (Wildman–Crippen LogP) is 2.60. The summed E-state index contributed by atoms with van der Waals surface area (Å²) in [5.74, 6) is 0.762. The second-order valence-electron chi connectivity index (χ2n) is 9.00. The van der Waals surface area contributed by atoms with Crippen LogP contribution in [-0.4, -0.2) is 65.9 Å². The van der Waals surface area contributed by atoms with Crippen LogP contribution in [0.25, 0.3) is 6.08 Å². The number of urea groups is 1. The Morgan fingerprint density at radius 1 is 1.24 bits per heavy atom. The van der Waals surface area contributed by atoms with Crippen molar-refractivity contribution in [1.82, 2.24) is 25.4 Å². The second-order valence-corrected chi connectivity index (χ2v) is 9.00. The molecule has 2 aliphatic heterocycles. The van der Waals surface area contributed by atoms with E-state index in [4.69, 9.17) is 0 Å². The van der Waals surface area contributed by atoms with E-state index < -0.39 is 0 Å². The Labute approximate surface area is 194 Å². The molecule has 1 aliphatic carbocycles. The topological polar surface area (TPSA) is 97.5 Å². The van der Waals surface area contributed by atoms with Gasteiger partial charge in [-0.25, -0.2) is 4.79 Å². The molecule has 9 heteroatoms. The third-order valence-corrected chi connectivity index (χ3v) is 6.27. The minimum absolute atomic E-state index is 0. The summed E-state index contributed by atoms with van der Waals surface area (Å²) in [6, 6.07) is -0.138. The number of nitrogens with zero attached hydrogens (tertiary/aromatic N) is 2. The van der Waals surface area contributed by atoms with Crippen LogP contribution in [0.2, 0.25) is 0 Å². The first-order valence-corrected chi connectivity index (χ1v) is 11.1. The Kier molecular flexibility index (Phi) is 6.38. The van der Waals surface area contributed by atoms with Gasteiger partial charge in [-0.3, -0.25) is 9.59 Å². The Balaban J connectivity index is 0.00000324. The van der Waals surface area contributed by atoms with E-state index in [1.807, 2.05) is 51.2 Å². The van der Waals surface area contributed by atoms with Gasteiger partial charge < -0.3 is 25.4 Å². The molecule has 0 radical (unpaired) electrons. The van der Waals surface area contributed by atoms with Gasteiger partial charge in [0.25, 0.3) is 11.8 Å². The fourth-order valence-corrected chi connectivity index (χ4v) is 4.46. The van der Waals surface area contributed by atoms with Crippen molar-refractivity contribution in [3.63, 3.8) is 0 Å². The van der Waals surface area contributed by atoms with Gasteiger partial charge in [-0.1, -0.05) is 12.5 Å². The summed E-state index contributed by atoms with van der Waals surface area (Å²) in [5, 5.41) is 5.98. The summed E-state index contributed by atoms with van der Waals surface area (Å²) in [6.07, 6.45) is 10.3. The number of nitrogens with one attached hydrogen (secondary N) is 3. The molecule has 0 unspecified atom stereocenters. The number of aromatic amines is 1. The number of carbonyl (C=O) groups is 3. The first kappa shape index (κ1) is 24.0. The summed E-state index contributed by atoms with van der Waals surface area (Å²) in [6.45, 7) is 6.85. The van der Waals surface area contributed by atoms with Crippen molar-refractivity contribution >= 4 is 23.9 Å². The molecule has 1 aromatic heterocycles. The predicted molar refractivity (Wildman–Crippen MR) is 127 cm³/mol. The smallest absolute Gasteiger partial charge is 0.319 e. The SMILES string of the molecule is Cc1[nH]c(/C=C2\C(=O)NC3=C2C=C[C-](C)C=C3)c(C)c1C(=O)N[C@H]1CCN(C(=O)N(C)C)C1.[Rf]. The molecule has 1 aromatic rings. The molecule has 34 heavy (non-hydrogen) atoms. The quantitative estimate of drug-likeness (QED) is 0.332. The number of likely N-dealkylation sites (tertiary alicyclic amines) is 1. The Hall–Kier alpha value is -4.68. The van der Waals surface area contributed by atoms with Crippen LogP contribution in [0.4, 0.5) is 4.79 Å². The maximum atomic E-state index is 13.1. The van der Waals surface area contributed by atoms with E-state index in [1.165, 1.54) is 0 Å². The van der Waals surface area contributed by atoms with E-state index >= 15 is 0 Å². The van der Waals surface area contributed by atoms with E-state index in [2.05, 4.69) is 15.6 Å². The average Bonchev–Trinajstić information content (AvgIpc) is 3.37. The molecule has 176 valence electrons. The van der Waals surface area contributed by atoms with Gasteiger partial charge in [0.15, 0.2) is 0 Å². The average molecular weight is 716 g/mol. The maximum Gasteiger partial charge on any atom is 0.319 e. The summed E-state index contributed by atoms with van der Waals surface area (Å²) < 4.78 is 0. The number of hydrogen-bond acceptors (Lipinski definition) is 3. The first-order valence-electron chi connectivity index (χ1n) is 11.1. The van der Waals surface area contributed by atoms with Crippen molar-refractivity contribution in [3.8, 4) is 0 Å². The fraction of sp³-hybridized carbons (Fsp3) is 0.360. The maximum absolute atomic E-state index is 13.1. The summed E-state index contributed by atoms with van der Waals surface area (Å²) in [5.41, 5.74) is 5.00. The first-order chi connectivity index (χ1) is 15.7. The molecule has 1 atom stereocenters. The van der Waals surface area contributed by atoms with Gasteiger partial charge in [-0.2, -0.15) is 18.1 Å². The Bertz CT molecular complexity index is 1140. The zero-order valence-electron chi connectivity index (χ0n) is 20.4. The van der Waals surface area contributed by atoms with Gasteiger partial charge >= 0.3 is 6.03 Å². The summed E-state index contributed by atoms with van der Waals surface area (Å²) in [7, 11) is 3.45. The molecule has 4 amide bonds. The van der Waals surface area contributed by atoms with Crippen molar-refractivity contribution < 1.29 is 14.4 Å². The molecule has 8 nitrogen and oxygen atoms in total. The molecule has 0 bridgehead atoms. The van der Waals surface area contributed by atoms with E-state index in [9.17, 15) is 14.4 Å². The number of aryl methyl sites for hydroxylation is 1. The van der Waals surface area contributed by atoms with Crippen LogP contribution in [0.3, 0.4) is 0 Å². The van der Waals surface area contributed by atoms with Gasteiger partial charge in [0.2, 0.25) is 0 Å². The zero-order chi connectivity index (χ0) is 23.9. The van der Waals surface area contributed by atoms with E-state index in [1.54, 1.807) is 23.9 Å². The number of allylic oxidation sites excluding steroid dienone is 4. The van der Waals surface area contributed by atoms with E-state index in [0.717, 1.165) is 40.6 Å². The normalized spacial score (nSPS) is 20.3. The van der Waals surface area contributed by atoms with Crippen LogP contribution >= 0.6 is 0 Å². The minimum Gasteiger partial charge on any atom is -0.358 e. The third kappa shape index (κ3) is 4.30. The zero-order valence-corrected chi connectivity index (χ0v) is 26.8. The molecule has 0 spiro atoms. The largest absolute Gasteiger partial charge is 0.358 e. The summed E-state index contributed by atoms with van der Waals surface area (Å²) in [4.78, 5) is 44.4. The summed E-state index contributed by atoms with van der Waals surface area (Å²) >= 11 is 0. The van der Waals surface area contributed by atoms with Crippen LogP contribution in [-0.2, 0) is 4.79 Å². The van der Waals surface area contributed by atoms with Crippen molar-refractivity contribution in [2.75, 3.05) is 27.2 Å². The van der Waals surface area contributed by atoms with Crippen molar-refractivity contribution in [2.24, 2.45) is 0 Å². The standard InChI is InChI=1S/C25H30N5O3.Rf/c1-14-6-8-18-19(23(31)28-20(18)9-7-14)12-21-15(2)22(16(3)26-21)24(32)27-17-10-11-30(13-17)25(33)29(4)5;/h6-9,12,17,26H,10-11,13H2,1-5H3,(H,27,32)(H,28,31);/q-1;/b19-12-;/t17-;/m0./s1. The molecule has 3 aliphatic rings. The number of H-pyrrole nitrogens is 1. The number of rotatable bonds is 3. The van der Waals surface area contributed by atoms with Crippen LogP contribution in [0.15, 0.2) is 41.1 Å². The second kappa shape index (κ2) is 9.05. The third-order valence-electron chi connectivity index (χ3n) is 6.27. The molecular weight excluding hydrogens is 685 g/mol. The molecule has 3 N–H and O–H groups in total. The van der Waals surface area contributed by atoms with Crippen LogP contribution in [0, 0.1) is 19.8 Å². The van der Waals surface area contributed by atoms with Crippen LogP contribution in [0.5, 0.6) is 0 Å². The fourth-order valence-electron chi connectivity index (χ4n) is 4.46.